The lowest BCUT2D eigenvalue weighted by molar-refractivity contribution is -0.385. The van der Waals surface area contributed by atoms with E-state index in [0.29, 0.717) is 22.2 Å². The van der Waals surface area contributed by atoms with E-state index >= 15 is 0 Å². The molecule has 2 aromatic rings. The monoisotopic (exact) mass is 397 g/mol. The largest absolute Gasteiger partial charge is 0.490 e. The van der Waals surface area contributed by atoms with Gasteiger partial charge in [0, 0.05) is 23.1 Å². The number of carbonyl (C=O) groups excluding carboxylic acids is 1. The zero-order chi connectivity index (χ0) is 19.3. The van der Waals surface area contributed by atoms with E-state index in [1.54, 1.807) is 19.1 Å². The highest BCUT2D eigenvalue weighted by atomic mass is 35.5. The van der Waals surface area contributed by atoms with Crippen LogP contribution in [0.3, 0.4) is 0 Å². The summed E-state index contributed by atoms with van der Waals surface area (Å²) in [4.78, 5) is 30.4. The van der Waals surface area contributed by atoms with Crippen LogP contribution in [0.25, 0.3) is 0 Å². The third kappa shape index (κ3) is 4.83. The first-order chi connectivity index (χ1) is 12.3. The van der Waals surface area contributed by atoms with Crippen molar-refractivity contribution in [2.45, 2.75) is 24.3 Å². The first kappa shape index (κ1) is 19.9. The number of nitrogens with zero attached hydrogens (tertiary/aromatic N) is 3. The van der Waals surface area contributed by atoms with Crippen molar-refractivity contribution in [2.75, 3.05) is 14.2 Å². The van der Waals surface area contributed by atoms with E-state index in [1.165, 1.54) is 32.0 Å². The van der Waals surface area contributed by atoms with Gasteiger partial charge in [-0.2, -0.15) is 0 Å². The second-order valence-electron chi connectivity index (χ2n) is 5.17. The summed E-state index contributed by atoms with van der Waals surface area (Å²) in [5.74, 6) is 0.245. The lowest BCUT2D eigenvalue weighted by Gasteiger charge is -2.09. The van der Waals surface area contributed by atoms with Gasteiger partial charge >= 0.3 is 11.7 Å². The lowest BCUT2D eigenvalue weighted by Crippen LogP contribution is -2.09. The van der Waals surface area contributed by atoms with Crippen molar-refractivity contribution in [3.8, 4) is 5.75 Å². The normalized spacial score (nSPS) is 10.5. The van der Waals surface area contributed by atoms with E-state index in [2.05, 4.69) is 14.7 Å². The zero-order valence-corrected chi connectivity index (χ0v) is 15.9. The van der Waals surface area contributed by atoms with E-state index in [4.69, 9.17) is 16.3 Å². The van der Waals surface area contributed by atoms with Crippen LogP contribution in [0.1, 0.15) is 16.8 Å². The smallest absolute Gasteiger partial charge is 0.310 e. The molecule has 0 fully saturated rings. The number of halogens is 1. The van der Waals surface area contributed by atoms with Gasteiger partial charge in [0.1, 0.15) is 5.15 Å². The Morgan fingerprint density at radius 2 is 2.08 bits per heavy atom. The molecule has 0 unspecified atom stereocenters. The van der Waals surface area contributed by atoms with Crippen molar-refractivity contribution < 1.29 is 19.2 Å². The van der Waals surface area contributed by atoms with Crippen LogP contribution in [0.2, 0.25) is 5.15 Å². The maximum absolute atomic E-state index is 11.4. The van der Waals surface area contributed by atoms with Gasteiger partial charge in [-0.15, -0.1) is 0 Å². The molecule has 2 rings (SSSR count). The van der Waals surface area contributed by atoms with Gasteiger partial charge in [-0.05, 0) is 18.6 Å². The van der Waals surface area contributed by atoms with Gasteiger partial charge in [-0.25, -0.2) is 9.97 Å². The molecule has 10 heteroatoms. The molecule has 0 aliphatic heterocycles. The molecule has 0 spiro atoms. The number of hydrogen-bond acceptors (Lipinski definition) is 8. The first-order valence-electron chi connectivity index (χ1n) is 7.39. The van der Waals surface area contributed by atoms with Crippen LogP contribution >= 0.6 is 23.4 Å². The highest BCUT2D eigenvalue weighted by Crippen LogP contribution is 2.30. The molecule has 0 saturated carbocycles. The third-order valence-electron chi connectivity index (χ3n) is 3.50. The number of carbonyl (C=O) groups is 1. The van der Waals surface area contributed by atoms with Gasteiger partial charge in [0.15, 0.2) is 10.9 Å². The summed E-state index contributed by atoms with van der Waals surface area (Å²) in [5.41, 5.74) is 1.84. The Balaban J connectivity index is 2.15. The summed E-state index contributed by atoms with van der Waals surface area (Å²) in [6.45, 7) is 1.74. The minimum atomic E-state index is -0.498. The number of hydrogen-bond donors (Lipinski definition) is 0. The Kier molecular flexibility index (Phi) is 6.76. The number of benzene rings is 1. The maximum Gasteiger partial charge on any atom is 0.310 e. The number of ether oxygens (including phenoxy) is 2. The summed E-state index contributed by atoms with van der Waals surface area (Å²) in [6.07, 6.45) is 0.00562. The van der Waals surface area contributed by atoms with Crippen molar-refractivity contribution in [1.29, 1.82) is 0 Å². The maximum atomic E-state index is 11.4. The molecular weight excluding hydrogens is 382 g/mol. The number of esters is 1. The van der Waals surface area contributed by atoms with Crippen molar-refractivity contribution >= 4 is 35.0 Å². The van der Waals surface area contributed by atoms with Gasteiger partial charge in [-0.3, -0.25) is 14.9 Å². The number of nitro benzene ring substituents is 1. The standard InChI is InChI=1S/C16H16ClN3O5S/c1-9-11(7-14(21)25-3)15(17)19-16(18-9)26-8-10-4-5-12(20(22)23)13(6-10)24-2/h4-6H,7-8H2,1-3H3. The van der Waals surface area contributed by atoms with Gasteiger partial charge < -0.3 is 9.47 Å². The highest BCUT2D eigenvalue weighted by Gasteiger charge is 2.16. The van der Waals surface area contributed by atoms with Crippen LogP contribution in [0.15, 0.2) is 23.4 Å². The second kappa shape index (κ2) is 8.81. The van der Waals surface area contributed by atoms with Crippen molar-refractivity contribution in [2.24, 2.45) is 0 Å². The minimum Gasteiger partial charge on any atom is -0.490 e. The molecule has 0 bridgehead atoms. The number of thioether (sulfide) groups is 1. The van der Waals surface area contributed by atoms with Gasteiger partial charge in [-0.1, -0.05) is 29.4 Å². The first-order valence-corrected chi connectivity index (χ1v) is 8.76. The Bertz CT molecular complexity index is 824. The third-order valence-corrected chi connectivity index (χ3v) is 4.73. The van der Waals surface area contributed by atoms with Crippen LogP contribution in [0.5, 0.6) is 5.75 Å². The number of nitro groups is 1. The molecule has 1 aromatic carbocycles. The number of aryl methyl sites for hydroxylation is 1. The van der Waals surface area contributed by atoms with Crippen LogP contribution < -0.4 is 4.74 Å². The molecule has 138 valence electrons. The van der Waals surface area contributed by atoms with Gasteiger partial charge in [0.05, 0.1) is 25.6 Å². The Hall–Kier alpha value is -2.39. The summed E-state index contributed by atoms with van der Waals surface area (Å²) in [6, 6.07) is 4.65. The average Bonchev–Trinajstić information content (AvgIpc) is 2.62. The average molecular weight is 398 g/mol. The van der Waals surface area contributed by atoms with E-state index in [9.17, 15) is 14.9 Å². The number of rotatable bonds is 7. The quantitative estimate of drug-likeness (QED) is 0.175. The SMILES string of the molecule is COC(=O)Cc1c(C)nc(SCc2ccc([N+](=O)[O-])c(OC)c2)nc1Cl. The summed E-state index contributed by atoms with van der Waals surface area (Å²) < 4.78 is 9.68. The molecule has 8 nitrogen and oxygen atoms in total. The van der Waals surface area contributed by atoms with Crippen molar-refractivity contribution in [3.63, 3.8) is 0 Å². The van der Waals surface area contributed by atoms with Crippen LogP contribution in [-0.2, 0) is 21.7 Å². The number of methoxy groups -OCH3 is 2. The van der Waals surface area contributed by atoms with E-state index in [-0.39, 0.29) is 23.0 Å². The fourth-order valence-electron chi connectivity index (χ4n) is 2.13. The molecule has 0 amide bonds. The van der Waals surface area contributed by atoms with E-state index in [0.717, 1.165) is 5.56 Å². The Morgan fingerprint density at radius 3 is 2.65 bits per heavy atom. The summed E-state index contributed by atoms with van der Waals surface area (Å²) in [7, 11) is 2.68. The van der Waals surface area contributed by atoms with Crippen molar-refractivity contribution in [3.05, 3.63) is 50.3 Å². The molecule has 0 atom stereocenters. The van der Waals surface area contributed by atoms with Crippen molar-refractivity contribution in [1.82, 2.24) is 9.97 Å². The Labute approximate surface area is 159 Å². The highest BCUT2D eigenvalue weighted by molar-refractivity contribution is 7.98. The van der Waals surface area contributed by atoms with Crippen LogP contribution in [0.4, 0.5) is 5.69 Å². The molecule has 1 aromatic heterocycles. The Morgan fingerprint density at radius 1 is 1.35 bits per heavy atom. The zero-order valence-electron chi connectivity index (χ0n) is 14.3. The molecule has 0 aliphatic carbocycles. The fraction of sp³-hybridized carbons (Fsp3) is 0.312. The molecule has 1 heterocycles. The van der Waals surface area contributed by atoms with Gasteiger partial charge in [0.25, 0.3) is 0 Å². The van der Waals surface area contributed by atoms with E-state index in [1.807, 2.05) is 0 Å². The molecule has 26 heavy (non-hydrogen) atoms. The molecule has 0 saturated heterocycles. The summed E-state index contributed by atoms with van der Waals surface area (Å²) in [5, 5.41) is 11.6. The van der Waals surface area contributed by atoms with Gasteiger partial charge in [0.2, 0.25) is 0 Å². The molecular formula is C16H16ClN3O5S. The molecule has 0 N–H and O–H groups in total. The second-order valence-corrected chi connectivity index (χ2v) is 6.47. The lowest BCUT2D eigenvalue weighted by atomic mass is 10.2. The van der Waals surface area contributed by atoms with E-state index < -0.39 is 10.9 Å². The van der Waals surface area contributed by atoms with Crippen LogP contribution in [0, 0.1) is 17.0 Å². The number of aromatic nitrogens is 2. The molecule has 0 radical (unpaired) electrons. The minimum absolute atomic E-state index is 0.00562. The predicted molar refractivity (Wildman–Crippen MR) is 96.7 cm³/mol. The van der Waals surface area contributed by atoms with Crippen LogP contribution in [-0.4, -0.2) is 35.1 Å². The topological polar surface area (TPSA) is 104 Å². The summed E-state index contributed by atoms with van der Waals surface area (Å²) >= 11 is 7.47. The predicted octanol–water partition coefficient (Wildman–Crippen LogP) is 3.36. The molecule has 0 aliphatic rings. The fourth-order valence-corrected chi connectivity index (χ4v) is 3.30.